The molecular weight excluding hydrogens is 428 g/mol. The zero-order chi connectivity index (χ0) is 23.7. The van der Waals surface area contributed by atoms with Crippen molar-refractivity contribution in [3.63, 3.8) is 0 Å². The lowest BCUT2D eigenvalue weighted by atomic mass is 10.0. The number of anilines is 2. The second-order valence-corrected chi connectivity index (χ2v) is 7.65. The Morgan fingerprint density at radius 2 is 1.28 bits per heavy atom. The van der Waals surface area contributed by atoms with Crippen LogP contribution in [0.3, 0.4) is 0 Å². The molecule has 0 aliphatic carbocycles. The van der Waals surface area contributed by atoms with Gasteiger partial charge in [0.15, 0.2) is 0 Å². The molecule has 3 rings (SSSR count). The second kappa shape index (κ2) is 8.73. The van der Waals surface area contributed by atoms with E-state index in [9.17, 15) is 26.3 Å². The van der Waals surface area contributed by atoms with Crippen LogP contribution in [0, 0.1) is 20.8 Å². The van der Waals surface area contributed by atoms with Crippen LogP contribution >= 0.6 is 0 Å². The molecule has 32 heavy (non-hydrogen) atoms. The largest absolute Gasteiger partial charge is 0.416 e. The van der Waals surface area contributed by atoms with Gasteiger partial charge in [0.1, 0.15) is 0 Å². The second-order valence-electron chi connectivity index (χ2n) is 7.65. The Morgan fingerprint density at radius 1 is 0.688 bits per heavy atom. The fourth-order valence-electron chi connectivity index (χ4n) is 3.52. The molecule has 0 amide bonds. The van der Waals surface area contributed by atoms with Gasteiger partial charge in [-0.3, -0.25) is 0 Å². The summed E-state index contributed by atoms with van der Waals surface area (Å²) < 4.78 is 78.5. The predicted octanol–water partition coefficient (Wildman–Crippen LogP) is 8.56. The molecule has 3 aromatic carbocycles. The number of benzene rings is 3. The van der Waals surface area contributed by atoms with Crippen LogP contribution in [0.1, 0.15) is 38.9 Å². The highest BCUT2D eigenvalue weighted by Crippen LogP contribution is 2.37. The lowest BCUT2D eigenvalue weighted by Gasteiger charge is -2.14. The molecule has 168 valence electrons. The van der Waals surface area contributed by atoms with Crippen molar-refractivity contribution in [1.82, 2.24) is 0 Å². The van der Waals surface area contributed by atoms with Crippen molar-refractivity contribution in [2.24, 2.45) is 0 Å². The minimum absolute atomic E-state index is 0.440. The molecule has 0 aromatic heterocycles. The third-order valence-electron chi connectivity index (χ3n) is 5.00. The van der Waals surface area contributed by atoms with E-state index in [0.29, 0.717) is 23.8 Å². The summed E-state index contributed by atoms with van der Waals surface area (Å²) in [5, 5.41) is 3.32. The summed E-state index contributed by atoms with van der Waals surface area (Å²) in [6.45, 7) is 6.00. The normalized spacial score (nSPS) is 12.4. The van der Waals surface area contributed by atoms with Crippen LogP contribution < -0.4 is 5.32 Å². The summed E-state index contributed by atoms with van der Waals surface area (Å²) in [7, 11) is 0. The van der Waals surface area contributed by atoms with E-state index in [4.69, 9.17) is 0 Å². The number of alkyl halides is 6. The number of hydrogen-bond donors (Lipinski definition) is 1. The molecule has 3 aromatic rings. The Balaban J connectivity index is 1.86. The number of aryl methyl sites for hydroxylation is 3. The van der Waals surface area contributed by atoms with Gasteiger partial charge in [0.25, 0.3) is 0 Å². The molecule has 0 aliphatic rings. The van der Waals surface area contributed by atoms with E-state index in [2.05, 4.69) is 17.4 Å². The highest BCUT2D eigenvalue weighted by atomic mass is 19.4. The van der Waals surface area contributed by atoms with Crippen molar-refractivity contribution in [1.29, 1.82) is 0 Å². The van der Waals surface area contributed by atoms with Crippen LogP contribution in [-0.2, 0) is 12.4 Å². The molecule has 0 heterocycles. The number of hydrogen-bond acceptors (Lipinski definition) is 1. The zero-order valence-electron chi connectivity index (χ0n) is 17.6. The summed E-state index contributed by atoms with van der Waals surface area (Å²) in [6, 6.07) is 12.4. The third-order valence-corrected chi connectivity index (χ3v) is 5.00. The topological polar surface area (TPSA) is 12.0 Å². The first-order valence-corrected chi connectivity index (χ1v) is 9.76. The summed E-state index contributed by atoms with van der Waals surface area (Å²) in [5.41, 5.74) is 2.83. The minimum Gasteiger partial charge on any atom is -0.355 e. The Bertz CT molecular complexity index is 1120. The van der Waals surface area contributed by atoms with Crippen LogP contribution in [0.25, 0.3) is 12.2 Å². The van der Waals surface area contributed by atoms with E-state index in [1.54, 1.807) is 24.3 Å². The fraction of sp³-hybridized carbons (Fsp3) is 0.200. The lowest BCUT2D eigenvalue weighted by Crippen LogP contribution is -2.11. The van der Waals surface area contributed by atoms with E-state index in [1.807, 2.05) is 20.8 Å². The van der Waals surface area contributed by atoms with Gasteiger partial charge in [-0.05, 0) is 73.4 Å². The molecule has 1 N–H and O–H groups in total. The molecule has 0 aliphatic heterocycles. The molecule has 7 heteroatoms. The highest BCUT2D eigenvalue weighted by molar-refractivity contribution is 5.74. The molecule has 0 radical (unpaired) electrons. The SMILES string of the molecule is Cc1cc(C)c(Nc2ccc(C=Cc3cc(C(F)(F)F)ccc3C(F)(F)F)cc2)c(C)c1. The third kappa shape index (κ3) is 5.52. The zero-order valence-corrected chi connectivity index (χ0v) is 17.6. The van der Waals surface area contributed by atoms with E-state index in [0.717, 1.165) is 34.1 Å². The Labute approximate surface area is 182 Å². The molecule has 1 nitrogen and oxygen atoms in total. The molecule has 0 unspecified atom stereocenters. The smallest absolute Gasteiger partial charge is 0.355 e. The number of halogens is 6. The van der Waals surface area contributed by atoms with Gasteiger partial charge in [-0.25, -0.2) is 0 Å². The van der Waals surface area contributed by atoms with E-state index < -0.39 is 29.0 Å². The molecule has 0 saturated carbocycles. The average molecular weight is 449 g/mol. The fourth-order valence-corrected chi connectivity index (χ4v) is 3.52. The van der Waals surface area contributed by atoms with Gasteiger partial charge in [-0.2, -0.15) is 26.3 Å². The van der Waals surface area contributed by atoms with Gasteiger partial charge in [0.2, 0.25) is 0 Å². The van der Waals surface area contributed by atoms with Crippen molar-refractivity contribution in [2.45, 2.75) is 33.1 Å². The Hall–Kier alpha value is -3.22. The molecule has 0 fully saturated rings. The molecule has 0 atom stereocenters. The molecule has 0 saturated heterocycles. The first kappa shape index (κ1) is 23.4. The monoisotopic (exact) mass is 449 g/mol. The van der Waals surface area contributed by atoms with Crippen molar-refractivity contribution < 1.29 is 26.3 Å². The number of nitrogens with one attached hydrogen (secondary N) is 1. The van der Waals surface area contributed by atoms with E-state index >= 15 is 0 Å². The van der Waals surface area contributed by atoms with Crippen molar-refractivity contribution in [2.75, 3.05) is 5.32 Å². The van der Waals surface area contributed by atoms with Gasteiger partial charge >= 0.3 is 12.4 Å². The van der Waals surface area contributed by atoms with Gasteiger partial charge in [0, 0.05) is 11.4 Å². The van der Waals surface area contributed by atoms with Crippen molar-refractivity contribution in [3.8, 4) is 0 Å². The van der Waals surface area contributed by atoms with E-state index in [-0.39, 0.29) is 0 Å². The van der Waals surface area contributed by atoms with Crippen LogP contribution in [-0.4, -0.2) is 0 Å². The maximum atomic E-state index is 13.2. The van der Waals surface area contributed by atoms with Crippen LogP contribution in [0.15, 0.2) is 54.6 Å². The first-order chi connectivity index (χ1) is 14.8. The Morgan fingerprint density at radius 3 is 1.81 bits per heavy atom. The molecule has 0 spiro atoms. The van der Waals surface area contributed by atoms with Gasteiger partial charge < -0.3 is 5.32 Å². The van der Waals surface area contributed by atoms with Crippen LogP contribution in [0.5, 0.6) is 0 Å². The van der Waals surface area contributed by atoms with Crippen molar-refractivity contribution >= 4 is 23.5 Å². The van der Waals surface area contributed by atoms with Crippen molar-refractivity contribution in [3.05, 3.63) is 93.5 Å². The minimum atomic E-state index is -4.76. The Kier molecular flexibility index (Phi) is 6.39. The highest BCUT2D eigenvalue weighted by Gasteiger charge is 2.36. The molecule has 0 bridgehead atoms. The average Bonchev–Trinajstić information content (AvgIpc) is 2.68. The van der Waals surface area contributed by atoms with Gasteiger partial charge in [0.05, 0.1) is 11.1 Å². The van der Waals surface area contributed by atoms with Crippen LogP contribution in [0.4, 0.5) is 37.7 Å². The maximum absolute atomic E-state index is 13.2. The maximum Gasteiger partial charge on any atom is 0.416 e. The molecular formula is C25H21F6N. The predicted molar refractivity (Wildman–Crippen MR) is 116 cm³/mol. The van der Waals surface area contributed by atoms with Crippen LogP contribution in [0.2, 0.25) is 0 Å². The van der Waals surface area contributed by atoms with Gasteiger partial charge in [-0.15, -0.1) is 0 Å². The van der Waals surface area contributed by atoms with E-state index in [1.165, 1.54) is 6.08 Å². The quantitative estimate of drug-likeness (QED) is 0.311. The summed E-state index contributed by atoms with van der Waals surface area (Å²) in [5.74, 6) is 0. The first-order valence-electron chi connectivity index (χ1n) is 9.76. The lowest BCUT2D eigenvalue weighted by molar-refractivity contribution is -0.141. The standard InChI is InChI=1S/C25H21F6N/c1-15-12-16(2)23(17(3)13-15)32-21-9-5-18(6-10-21)4-7-19-14-20(24(26,27)28)8-11-22(19)25(29,30)31/h4-14,32H,1-3H3. The summed E-state index contributed by atoms with van der Waals surface area (Å²) >= 11 is 0. The summed E-state index contributed by atoms with van der Waals surface area (Å²) in [6.07, 6.45) is -7.08. The number of rotatable bonds is 4. The summed E-state index contributed by atoms with van der Waals surface area (Å²) in [4.78, 5) is 0. The van der Waals surface area contributed by atoms with Gasteiger partial charge in [-0.1, -0.05) is 42.0 Å².